The van der Waals surface area contributed by atoms with Crippen molar-refractivity contribution in [2.45, 2.75) is 52.0 Å². The first-order chi connectivity index (χ1) is 12.0. The third kappa shape index (κ3) is 3.65. The highest BCUT2D eigenvalue weighted by Crippen LogP contribution is 2.27. The molecule has 1 aromatic heterocycles. The summed E-state index contributed by atoms with van der Waals surface area (Å²) in [5.74, 6) is 0.323. The molecule has 0 fully saturated rings. The van der Waals surface area contributed by atoms with Gasteiger partial charge in [-0.1, -0.05) is 45.0 Å². The quantitative estimate of drug-likeness (QED) is 0.908. The molecule has 0 radical (unpaired) electrons. The summed E-state index contributed by atoms with van der Waals surface area (Å²) in [6.07, 6.45) is 2.72. The largest absolute Gasteiger partial charge is 0.368 e. The van der Waals surface area contributed by atoms with Crippen molar-refractivity contribution in [3.05, 3.63) is 52.8 Å². The smallest absolute Gasteiger partial charge is 0.272 e. The summed E-state index contributed by atoms with van der Waals surface area (Å²) in [6, 6.07) is 10.4. The first-order valence-corrected chi connectivity index (χ1v) is 9.01. The molecule has 5 nitrogen and oxygen atoms in total. The van der Waals surface area contributed by atoms with Crippen molar-refractivity contribution >= 4 is 11.9 Å². The lowest BCUT2D eigenvalue weighted by Crippen LogP contribution is -2.42. The highest BCUT2D eigenvalue weighted by atomic mass is 16.2. The van der Waals surface area contributed by atoms with Crippen LogP contribution >= 0.6 is 0 Å². The SMILES string of the molecule is CCCN(C(=O)c1cc(C(C)C)nc(N)n1)C1Cc2ccccc2C1. The Balaban J connectivity index is 1.88. The zero-order valence-electron chi connectivity index (χ0n) is 15.2. The van der Waals surface area contributed by atoms with Gasteiger partial charge in [0.1, 0.15) is 5.69 Å². The summed E-state index contributed by atoms with van der Waals surface area (Å²) in [5.41, 5.74) is 9.73. The van der Waals surface area contributed by atoms with E-state index in [9.17, 15) is 4.79 Å². The zero-order valence-corrected chi connectivity index (χ0v) is 15.2. The number of nitrogens with zero attached hydrogens (tertiary/aromatic N) is 3. The lowest BCUT2D eigenvalue weighted by molar-refractivity contribution is 0.0678. The topological polar surface area (TPSA) is 72.1 Å². The number of hydrogen-bond acceptors (Lipinski definition) is 4. The average Bonchev–Trinajstić information content (AvgIpc) is 3.02. The molecule has 1 aliphatic rings. The van der Waals surface area contributed by atoms with Crippen LogP contribution in [0.15, 0.2) is 30.3 Å². The van der Waals surface area contributed by atoms with E-state index in [0.717, 1.165) is 31.5 Å². The molecule has 0 aliphatic heterocycles. The number of carbonyl (C=O) groups is 1. The monoisotopic (exact) mass is 338 g/mol. The molecule has 0 saturated heterocycles. The Morgan fingerprint density at radius 2 is 1.88 bits per heavy atom. The molecular weight excluding hydrogens is 312 g/mol. The van der Waals surface area contributed by atoms with Gasteiger partial charge in [0, 0.05) is 18.3 Å². The molecule has 5 heteroatoms. The molecular formula is C20H26N4O. The molecule has 0 saturated carbocycles. The second kappa shape index (κ2) is 7.21. The van der Waals surface area contributed by atoms with E-state index in [-0.39, 0.29) is 23.8 Å². The van der Waals surface area contributed by atoms with E-state index >= 15 is 0 Å². The predicted octanol–water partition coefficient (Wildman–Crippen LogP) is 3.20. The minimum absolute atomic E-state index is 0.0457. The van der Waals surface area contributed by atoms with Gasteiger partial charge in [-0.3, -0.25) is 4.79 Å². The van der Waals surface area contributed by atoms with Crippen molar-refractivity contribution in [2.75, 3.05) is 12.3 Å². The number of aromatic nitrogens is 2. The third-order valence-electron chi connectivity index (χ3n) is 4.77. The van der Waals surface area contributed by atoms with E-state index in [1.165, 1.54) is 11.1 Å². The Hall–Kier alpha value is -2.43. The highest BCUT2D eigenvalue weighted by molar-refractivity contribution is 5.93. The van der Waals surface area contributed by atoms with Gasteiger partial charge in [0.25, 0.3) is 5.91 Å². The number of nitrogen functional groups attached to an aromatic ring is 1. The van der Waals surface area contributed by atoms with Crippen molar-refractivity contribution in [2.24, 2.45) is 0 Å². The van der Waals surface area contributed by atoms with E-state index < -0.39 is 0 Å². The van der Waals surface area contributed by atoms with Crippen LogP contribution in [-0.2, 0) is 12.8 Å². The Kier molecular flexibility index (Phi) is 5.02. The fraction of sp³-hybridized carbons (Fsp3) is 0.450. The van der Waals surface area contributed by atoms with Gasteiger partial charge in [0.2, 0.25) is 5.95 Å². The molecule has 25 heavy (non-hydrogen) atoms. The van der Waals surface area contributed by atoms with Crippen LogP contribution in [0, 0.1) is 0 Å². The molecule has 0 unspecified atom stereocenters. The van der Waals surface area contributed by atoms with E-state index in [1.54, 1.807) is 6.07 Å². The second-order valence-corrected chi connectivity index (χ2v) is 7.02. The maximum Gasteiger partial charge on any atom is 0.272 e. The summed E-state index contributed by atoms with van der Waals surface area (Å²) in [4.78, 5) is 23.6. The summed E-state index contributed by atoms with van der Waals surface area (Å²) < 4.78 is 0. The number of anilines is 1. The molecule has 0 atom stereocenters. The molecule has 1 aromatic carbocycles. The number of nitrogens with two attached hydrogens (primary N) is 1. The summed E-state index contributed by atoms with van der Waals surface area (Å²) >= 11 is 0. The Bertz CT molecular complexity index is 747. The lowest BCUT2D eigenvalue weighted by atomic mass is 10.1. The normalized spacial score (nSPS) is 13.9. The maximum atomic E-state index is 13.2. The van der Waals surface area contributed by atoms with Crippen LogP contribution < -0.4 is 5.73 Å². The number of rotatable bonds is 5. The highest BCUT2D eigenvalue weighted by Gasteiger charge is 2.30. The van der Waals surface area contributed by atoms with Gasteiger partial charge in [-0.05, 0) is 42.4 Å². The summed E-state index contributed by atoms with van der Waals surface area (Å²) in [7, 11) is 0. The zero-order chi connectivity index (χ0) is 18.0. The van der Waals surface area contributed by atoms with Crippen molar-refractivity contribution in [3.8, 4) is 0 Å². The Labute approximate surface area is 149 Å². The van der Waals surface area contributed by atoms with Crippen LogP contribution in [0.1, 0.15) is 60.4 Å². The molecule has 1 heterocycles. The molecule has 1 amide bonds. The van der Waals surface area contributed by atoms with Crippen LogP contribution in [0.4, 0.5) is 5.95 Å². The van der Waals surface area contributed by atoms with E-state index in [0.29, 0.717) is 5.69 Å². The number of hydrogen-bond donors (Lipinski definition) is 1. The molecule has 1 aliphatic carbocycles. The second-order valence-electron chi connectivity index (χ2n) is 7.02. The molecule has 2 aromatic rings. The number of amides is 1. The van der Waals surface area contributed by atoms with Crippen LogP contribution in [0.25, 0.3) is 0 Å². The predicted molar refractivity (Wildman–Crippen MR) is 99.5 cm³/mol. The van der Waals surface area contributed by atoms with Crippen molar-refractivity contribution in [3.63, 3.8) is 0 Å². The van der Waals surface area contributed by atoms with E-state index in [4.69, 9.17) is 5.73 Å². The number of fused-ring (bicyclic) bond motifs is 1. The van der Waals surface area contributed by atoms with Gasteiger partial charge in [0.15, 0.2) is 0 Å². The van der Waals surface area contributed by atoms with Crippen molar-refractivity contribution in [1.29, 1.82) is 0 Å². The van der Waals surface area contributed by atoms with Gasteiger partial charge in [-0.15, -0.1) is 0 Å². The first-order valence-electron chi connectivity index (χ1n) is 9.01. The fourth-order valence-electron chi connectivity index (χ4n) is 3.48. The van der Waals surface area contributed by atoms with Gasteiger partial charge in [0.05, 0.1) is 0 Å². The molecule has 0 spiro atoms. The standard InChI is InChI=1S/C20H26N4O/c1-4-9-24(16-10-14-7-5-6-8-15(14)11-16)19(25)18-12-17(13(2)3)22-20(21)23-18/h5-8,12-13,16H,4,9-11H2,1-3H3,(H2,21,22,23). The van der Waals surface area contributed by atoms with Crippen LogP contribution in [0.3, 0.4) is 0 Å². The van der Waals surface area contributed by atoms with Gasteiger partial charge in [-0.2, -0.15) is 0 Å². The first kappa shape index (κ1) is 17.4. The minimum atomic E-state index is -0.0457. The molecule has 3 rings (SSSR count). The Morgan fingerprint density at radius 3 is 2.44 bits per heavy atom. The lowest BCUT2D eigenvalue weighted by Gasteiger charge is -2.28. The van der Waals surface area contributed by atoms with Crippen molar-refractivity contribution in [1.82, 2.24) is 14.9 Å². The van der Waals surface area contributed by atoms with Crippen LogP contribution in [0.2, 0.25) is 0 Å². The summed E-state index contributed by atoms with van der Waals surface area (Å²) in [6.45, 7) is 6.88. The van der Waals surface area contributed by atoms with Gasteiger partial charge in [-0.25, -0.2) is 9.97 Å². The van der Waals surface area contributed by atoms with Gasteiger partial charge >= 0.3 is 0 Å². The third-order valence-corrected chi connectivity index (χ3v) is 4.77. The van der Waals surface area contributed by atoms with E-state index in [2.05, 4.69) is 41.2 Å². The minimum Gasteiger partial charge on any atom is -0.368 e. The Morgan fingerprint density at radius 1 is 1.24 bits per heavy atom. The van der Waals surface area contributed by atoms with Gasteiger partial charge < -0.3 is 10.6 Å². The summed E-state index contributed by atoms with van der Waals surface area (Å²) in [5, 5.41) is 0. The molecule has 2 N–H and O–H groups in total. The molecule has 0 bridgehead atoms. The van der Waals surface area contributed by atoms with Crippen molar-refractivity contribution < 1.29 is 4.79 Å². The number of benzene rings is 1. The molecule has 132 valence electrons. The number of carbonyl (C=O) groups excluding carboxylic acids is 1. The average molecular weight is 338 g/mol. The fourth-order valence-corrected chi connectivity index (χ4v) is 3.48. The van der Waals surface area contributed by atoms with Crippen LogP contribution in [0.5, 0.6) is 0 Å². The van der Waals surface area contributed by atoms with E-state index in [1.807, 2.05) is 18.7 Å². The maximum absolute atomic E-state index is 13.2. The van der Waals surface area contributed by atoms with Crippen LogP contribution in [-0.4, -0.2) is 33.4 Å².